The van der Waals surface area contributed by atoms with E-state index in [1.165, 1.54) is 22.6 Å². The molecule has 44 heavy (non-hydrogen) atoms. The lowest BCUT2D eigenvalue weighted by molar-refractivity contribution is -0.138. The Labute approximate surface area is 253 Å². The van der Waals surface area contributed by atoms with Gasteiger partial charge in [0, 0.05) is 12.1 Å². The molecule has 1 aromatic carbocycles. The first-order valence-electron chi connectivity index (χ1n) is 14.1. The van der Waals surface area contributed by atoms with Crippen LogP contribution in [0.3, 0.4) is 0 Å². The maximum Gasteiger partial charge on any atom is 0.437 e. The van der Waals surface area contributed by atoms with Gasteiger partial charge in [-0.25, -0.2) is 9.59 Å². The van der Waals surface area contributed by atoms with E-state index in [4.69, 9.17) is 14.0 Å². The number of allylic oxidation sites excluding steroid dienone is 3. The average Bonchev–Trinajstić information content (AvgIpc) is 3.56. The van der Waals surface area contributed by atoms with Crippen molar-refractivity contribution in [3.63, 3.8) is 0 Å². The summed E-state index contributed by atoms with van der Waals surface area (Å²) in [7, 11) is 0. The van der Waals surface area contributed by atoms with Crippen LogP contribution in [0.5, 0.6) is 5.75 Å². The van der Waals surface area contributed by atoms with E-state index >= 15 is 0 Å². The lowest BCUT2D eigenvalue weighted by atomic mass is 10.1. The molecule has 1 aliphatic heterocycles. The van der Waals surface area contributed by atoms with E-state index in [9.17, 15) is 27.9 Å². The molecule has 3 rings (SSSR count). The van der Waals surface area contributed by atoms with Gasteiger partial charge in [-0.2, -0.15) is 18.2 Å². The summed E-state index contributed by atoms with van der Waals surface area (Å²) < 4.78 is 58.0. The number of halogens is 3. The highest BCUT2D eigenvalue weighted by Crippen LogP contribution is 2.39. The van der Waals surface area contributed by atoms with Gasteiger partial charge in [0.15, 0.2) is 0 Å². The van der Waals surface area contributed by atoms with Crippen LogP contribution in [-0.2, 0) is 10.9 Å². The molecule has 2 heterocycles. The maximum absolute atomic E-state index is 14.0. The molecule has 1 fully saturated rings. The molecule has 0 unspecified atom stereocenters. The van der Waals surface area contributed by atoms with E-state index in [1.54, 1.807) is 26.8 Å². The predicted octanol–water partition coefficient (Wildman–Crippen LogP) is 7.52. The lowest BCUT2D eigenvalue weighted by Crippen LogP contribution is -2.44. The molecule has 2 N–H and O–H groups in total. The molecule has 14 heteroatoms. The number of benzene rings is 1. The molecule has 0 bridgehead atoms. The molecule has 1 aromatic heterocycles. The summed E-state index contributed by atoms with van der Waals surface area (Å²) in [5.74, 6) is -0.709. The van der Waals surface area contributed by atoms with Crippen LogP contribution in [0.1, 0.15) is 84.7 Å². The number of guanidine groups is 1. The molecule has 240 valence electrons. The molecular formula is C30H38F3N5O6. The fourth-order valence-corrected chi connectivity index (χ4v) is 4.38. The van der Waals surface area contributed by atoms with Crippen LogP contribution < -0.4 is 10.1 Å². The Hall–Kier alpha value is -4.36. The fourth-order valence-electron chi connectivity index (χ4n) is 4.38. The smallest absolute Gasteiger partial charge is 0.437 e. The number of carboxylic acid groups (broad SMARTS) is 1. The molecule has 1 atom stereocenters. The molecular weight excluding hydrogens is 583 g/mol. The van der Waals surface area contributed by atoms with Crippen LogP contribution in [0.2, 0.25) is 0 Å². The largest absolute Gasteiger partial charge is 0.489 e. The number of alkyl halides is 3. The topological polar surface area (TPSA) is 139 Å². The number of nitrogens with one attached hydrogen (secondary N) is 1. The van der Waals surface area contributed by atoms with E-state index in [-0.39, 0.29) is 42.1 Å². The van der Waals surface area contributed by atoms with E-state index in [2.05, 4.69) is 26.5 Å². The minimum absolute atomic E-state index is 0.0178. The van der Waals surface area contributed by atoms with Crippen molar-refractivity contribution >= 4 is 18.1 Å². The molecule has 2 aromatic rings. The molecule has 1 aliphatic rings. The molecule has 0 radical (unpaired) electrons. The second kappa shape index (κ2) is 14.4. The standard InChI is InChI=1S/C30H38F3N5O6/c1-18(2)9-7-10-19(3)14-16-42-23-13-12-20(17-21(23)30(31,32)33)24-34-25(44-37-24)22-11-8-15-38(22)26(35-27(39)40)36-28(41)43-29(4,5)6/h9,12-14,17,22H,7-8,10-11,15-16H2,1-6H3,(H,39,40)(H,35,36,41)/b19-14+/t22-/m0/s1. The van der Waals surface area contributed by atoms with Crippen molar-refractivity contribution in [2.45, 2.75) is 85.0 Å². The Balaban J connectivity index is 1.82. The zero-order valence-corrected chi connectivity index (χ0v) is 25.6. The number of amides is 2. The van der Waals surface area contributed by atoms with Gasteiger partial charge in [-0.15, -0.1) is 4.99 Å². The molecule has 0 saturated carbocycles. The highest BCUT2D eigenvalue weighted by Gasteiger charge is 2.37. The number of likely N-dealkylation sites (tertiary alicyclic amines) is 1. The summed E-state index contributed by atoms with van der Waals surface area (Å²) in [5, 5.41) is 15.3. The van der Waals surface area contributed by atoms with Crippen molar-refractivity contribution < 1.29 is 41.9 Å². The number of carbonyl (C=O) groups is 2. The Morgan fingerprint density at radius 2 is 1.93 bits per heavy atom. The van der Waals surface area contributed by atoms with Gasteiger partial charge in [0.1, 0.15) is 24.0 Å². The van der Waals surface area contributed by atoms with Crippen molar-refractivity contribution in [2.75, 3.05) is 13.2 Å². The Bertz CT molecular complexity index is 1420. The van der Waals surface area contributed by atoms with Gasteiger partial charge in [0.2, 0.25) is 17.7 Å². The Morgan fingerprint density at radius 3 is 2.57 bits per heavy atom. The van der Waals surface area contributed by atoms with Crippen LogP contribution in [0.15, 0.2) is 51.0 Å². The van der Waals surface area contributed by atoms with Gasteiger partial charge >= 0.3 is 18.4 Å². The van der Waals surface area contributed by atoms with Crippen molar-refractivity contribution in [3.8, 4) is 17.1 Å². The SMILES string of the molecule is CC(C)=CCC/C(C)=C/COc1ccc(-c2noc([C@@H]3CCCN3C(=NC(=O)OC(C)(C)C)NC(=O)O)n2)cc1C(F)(F)F. The van der Waals surface area contributed by atoms with Crippen LogP contribution in [-0.4, -0.2) is 57.0 Å². The quantitative estimate of drug-likeness (QED) is 0.174. The average molecular weight is 622 g/mol. The number of ether oxygens (including phenoxy) is 2. The van der Waals surface area contributed by atoms with Gasteiger partial charge in [0.25, 0.3) is 0 Å². The summed E-state index contributed by atoms with van der Waals surface area (Å²) in [5.41, 5.74) is 0.397. The highest BCUT2D eigenvalue weighted by atomic mass is 19.4. The van der Waals surface area contributed by atoms with Gasteiger partial charge in [-0.05, 0) is 91.5 Å². The summed E-state index contributed by atoms with van der Waals surface area (Å²) in [6.45, 7) is 11.1. The van der Waals surface area contributed by atoms with E-state index in [1.807, 2.05) is 20.8 Å². The Morgan fingerprint density at radius 1 is 1.20 bits per heavy atom. The van der Waals surface area contributed by atoms with Gasteiger partial charge < -0.3 is 24.0 Å². The molecule has 0 aliphatic carbocycles. The van der Waals surface area contributed by atoms with Crippen LogP contribution in [0.4, 0.5) is 22.8 Å². The maximum atomic E-state index is 14.0. The van der Waals surface area contributed by atoms with Crippen molar-refractivity contribution in [1.82, 2.24) is 20.4 Å². The summed E-state index contributed by atoms with van der Waals surface area (Å²) in [6.07, 6.45) is -0.720. The monoisotopic (exact) mass is 621 g/mol. The van der Waals surface area contributed by atoms with Crippen molar-refractivity contribution in [1.29, 1.82) is 0 Å². The number of nitrogens with zero attached hydrogens (tertiary/aromatic N) is 4. The van der Waals surface area contributed by atoms with E-state index in [0.717, 1.165) is 24.5 Å². The van der Waals surface area contributed by atoms with Crippen LogP contribution >= 0.6 is 0 Å². The predicted molar refractivity (Wildman–Crippen MR) is 156 cm³/mol. The van der Waals surface area contributed by atoms with Crippen molar-refractivity contribution in [3.05, 3.63) is 53.0 Å². The van der Waals surface area contributed by atoms with E-state index in [0.29, 0.717) is 12.8 Å². The number of hydrogen-bond acceptors (Lipinski definition) is 7. The van der Waals surface area contributed by atoms with Crippen LogP contribution in [0.25, 0.3) is 11.4 Å². The van der Waals surface area contributed by atoms with Gasteiger partial charge in [-0.1, -0.05) is 22.4 Å². The van der Waals surface area contributed by atoms with Crippen LogP contribution in [0, 0.1) is 0 Å². The number of hydrogen-bond donors (Lipinski definition) is 2. The summed E-state index contributed by atoms with van der Waals surface area (Å²) >= 11 is 0. The Kier molecular flexibility index (Phi) is 11.2. The van der Waals surface area contributed by atoms with E-state index < -0.39 is 35.6 Å². The minimum Gasteiger partial charge on any atom is -0.489 e. The zero-order chi connectivity index (χ0) is 32.7. The molecule has 1 saturated heterocycles. The lowest BCUT2D eigenvalue weighted by Gasteiger charge is -2.25. The number of rotatable bonds is 8. The van der Waals surface area contributed by atoms with Gasteiger partial charge in [0.05, 0.1) is 5.56 Å². The molecule has 11 nitrogen and oxygen atoms in total. The summed E-state index contributed by atoms with van der Waals surface area (Å²) in [4.78, 5) is 33.3. The van der Waals surface area contributed by atoms with Crippen molar-refractivity contribution in [2.24, 2.45) is 4.99 Å². The highest BCUT2D eigenvalue weighted by molar-refractivity contribution is 5.98. The number of aliphatic imine (C=N–C) groups is 1. The summed E-state index contributed by atoms with van der Waals surface area (Å²) in [6, 6.07) is 2.81. The third-order valence-electron chi connectivity index (χ3n) is 6.37. The zero-order valence-electron chi connectivity index (χ0n) is 25.6. The molecule has 2 amide bonds. The number of aromatic nitrogens is 2. The first kappa shape index (κ1) is 34.1. The normalized spacial score (nSPS) is 16.1. The third-order valence-corrected chi connectivity index (χ3v) is 6.37. The minimum atomic E-state index is -4.71. The number of carbonyl (C=O) groups excluding carboxylic acids is 1. The first-order chi connectivity index (χ1) is 20.5. The fraction of sp³-hybridized carbons (Fsp3) is 0.500. The second-order valence-electron chi connectivity index (χ2n) is 11.5. The van der Waals surface area contributed by atoms with Gasteiger partial charge in [-0.3, -0.25) is 5.32 Å². The third kappa shape index (κ3) is 10.1. The second-order valence-corrected chi connectivity index (χ2v) is 11.5. The first-order valence-corrected chi connectivity index (χ1v) is 14.1. The molecule has 0 spiro atoms.